The van der Waals surface area contributed by atoms with Crippen molar-refractivity contribution in [1.82, 2.24) is 9.97 Å². The summed E-state index contributed by atoms with van der Waals surface area (Å²) in [5.41, 5.74) is 2.05. The van der Waals surface area contributed by atoms with Crippen molar-refractivity contribution >= 4 is 39.1 Å². The summed E-state index contributed by atoms with van der Waals surface area (Å²) in [4.78, 5) is 11.9. The summed E-state index contributed by atoms with van der Waals surface area (Å²) in [5.74, 6) is 0.653. The Bertz CT molecular complexity index is 891. The number of anilines is 1. The van der Waals surface area contributed by atoms with E-state index in [9.17, 15) is 4.39 Å². The molecule has 0 atom stereocenters. The van der Waals surface area contributed by atoms with Crippen LogP contribution < -0.4 is 5.32 Å². The van der Waals surface area contributed by atoms with Gasteiger partial charge in [0.15, 0.2) is 5.16 Å². The van der Waals surface area contributed by atoms with E-state index in [1.54, 1.807) is 23.5 Å². The molecule has 1 aliphatic rings. The highest BCUT2D eigenvalue weighted by molar-refractivity contribution is 7.98. The first kappa shape index (κ1) is 15.8. The van der Waals surface area contributed by atoms with E-state index in [0.717, 1.165) is 34.0 Å². The molecule has 124 valence electrons. The van der Waals surface area contributed by atoms with Crippen LogP contribution in [0.4, 0.5) is 10.2 Å². The Morgan fingerprint density at radius 3 is 2.88 bits per heavy atom. The third-order valence-electron chi connectivity index (χ3n) is 4.38. The lowest BCUT2D eigenvalue weighted by atomic mass is 9.97. The Kier molecular flexibility index (Phi) is 4.41. The number of nitrogens with one attached hydrogen (secondary N) is 1. The third kappa shape index (κ3) is 2.89. The van der Waals surface area contributed by atoms with Gasteiger partial charge in [0, 0.05) is 17.0 Å². The molecule has 0 spiro atoms. The van der Waals surface area contributed by atoms with Crippen LogP contribution >= 0.6 is 23.1 Å². The molecule has 0 saturated carbocycles. The fourth-order valence-electron chi connectivity index (χ4n) is 3.18. The summed E-state index contributed by atoms with van der Waals surface area (Å²) in [6, 6.07) is 6.86. The van der Waals surface area contributed by atoms with Gasteiger partial charge in [-0.15, -0.1) is 11.3 Å². The van der Waals surface area contributed by atoms with E-state index >= 15 is 0 Å². The van der Waals surface area contributed by atoms with Gasteiger partial charge in [-0.25, -0.2) is 14.4 Å². The Morgan fingerprint density at radius 2 is 2.04 bits per heavy atom. The zero-order valence-corrected chi connectivity index (χ0v) is 15.1. The molecule has 3 nitrogen and oxygen atoms in total. The number of thiophene rings is 1. The molecule has 3 aromatic rings. The second-order valence-corrected chi connectivity index (χ2v) is 7.75. The van der Waals surface area contributed by atoms with Crippen molar-refractivity contribution in [3.05, 3.63) is 46.1 Å². The molecule has 0 unspecified atom stereocenters. The van der Waals surface area contributed by atoms with Gasteiger partial charge in [0.25, 0.3) is 0 Å². The normalized spacial score (nSPS) is 13.9. The van der Waals surface area contributed by atoms with Crippen LogP contribution in [-0.2, 0) is 19.4 Å². The maximum absolute atomic E-state index is 13.9. The average Bonchev–Trinajstić information content (AvgIpc) is 2.99. The predicted molar refractivity (Wildman–Crippen MR) is 99.6 cm³/mol. The second-order valence-electron chi connectivity index (χ2n) is 5.89. The first-order valence-corrected chi connectivity index (χ1v) is 10.1. The van der Waals surface area contributed by atoms with Gasteiger partial charge in [0.05, 0.1) is 5.39 Å². The standard InChI is InChI=1S/C18H18FN3S2/c1-23-18-21-16(20-10-11-6-2-4-8-13(11)19)15-12-7-3-5-9-14(12)24-17(15)22-18/h2,4,6,8H,3,5,7,9-10H2,1H3,(H,20,21,22). The molecule has 1 N–H and O–H groups in total. The van der Waals surface area contributed by atoms with Crippen molar-refractivity contribution in [3.63, 3.8) is 0 Å². The van der Waals surface area contributed by atoms with Gasteiger partial charge in [-0.2, -0.15) is 0 Å². The molecule has 4 rings (SSSR count). The van der Waals surface area contributed by atoms with Crippen molar-refractivity contribution in [2.45, 2.75) is 37.4 Å². The van der Waals surface area contributed by atoms with E-state index < -0.39 is 0 Å². The third-order valence-corrected chi connectivity index (χ3v) is 6.11. The van der Waals surface area contributed by atoms with E-state index in [4.69, 9.17) is 0 Å². The van der Waals surface area contributed by atoms with Crippen LogP contribution in [0.15, 0.2) is 29.4 Å². The van der Waals surface area contributed by atoms with Crippen LogP contribution in [0.3, 0.4) is 0 Å². The van der Waals surface area contributed by atoms with Crippen LogP contribution in [0.25, 0.3) is 10.2 Å². The molecule has 0 aliphatic heterocycles. The Balaban J connectivity index is 1.75. The minimum absolute atomic E-state index is 0.187. The smallest absolute Gasteiger partial charge is 0.190 e. The van der Waals surface area contributed by atoms with E-state index in [1.807, 2.05) is 12.3 Å². The molecular formula is C18H18FN3S2. The number of fused-ring (bicyclic) bond motifs is 3. The SMILES string of the molecule is CSc1nc(NCc2ccccc2F)c2c3c(sc2n1)CCCC3. The largest absolute Gasteiger partial charge is 0.365 e. The van der Waals surface area contributed by atoms with Crippen molar-refractivity contribution in [3.8, 4) is 0 Å². The van der Waals surface area contributed by atoms with Crippen molar-refractivity contribution in [1.29, 1.82) is 0 Å². The highest BCUT2D eigenvalue weighted by atomic mass is 32.2. The molecular weight excluding hydrogens is 341 g/mol. The fourth-order valence-corrected chi connectivity index (χ4v) is 4.86. The first-order valence-electron chi connectivity index (χ1n) is 8.10. The summed E-state index contributed by atoms with van der Waals surface area (Å²) in [5, 5.41) is 5.26. The molecule has 0 amide bonds. The lowest BCUT2D eigenvalue weighted by Crippen LogP contribution is -2.06. The molecule has 0 radical (unpaired) electrons. The quantitative estimate of drug-likeness (QED) is 0.523. The minimum Gasteiger partial charge on any atom is -0.365 e. The summed E-state index contributed by atoms with van der Waals surface area (Å²) in [6.45, 7) is 0.428. The number of thioether (sulfide) groups is 1. The highest BCUT2D eigenvalue weighted by Crippen LogP contribution is 2.39. The van der Waals surface area contributed by atoms with Crippen LogP contribution in [0.5, 0.6) is 0 Å². The number of aromatic nitrogens is 2. The topological polar surface area (TPSA) is 37.8 Å². The summed E-state index contributed by atoms with van der Waals surface area (Å²) in [6.07, 6.45) is 6.68. The molecule has 1 aromatic carbocycles. The molecule has 2 heterocycles. The fraction of sp³-hybridized carbons (Fsp3) is 0.333. The van der Waals surface area contributed by atoms with Gasteiger partial charge >= 0.3 is 0 Å². The number of rotatable bonds is 4. The maximum Gasteiger partial charge on any atom is 0.190 e. The lowest BCUT2D eigenvalue weighted by Gasteiger charge is -2.13. The van der Waals surface area contributed by atoms with E-state index in [0.29, 0.717) is 12.1 Å². The Hall–Kier alpha value is -1.66. The molecule has 0 fully saturated rings. The Morgan fingerprint density at radius 1 is 1.21 bits per heavy atom. The van der Waals surface area contributed by atoms with Gasteiger partial charge in [-0.1, -0.05) is 30.0 Å². The molecule has 0 saturated heterocycles. The summed E-state index contributed by atoms with van der Waals surface area (Å²) < 4.78 is 13.9. The van der Waals surface area contributed by atoms with Crippen LogP contribution in [0, 0.1) is 5.82 Å². The average molecular weight is 359 g/mol. The predicted octanol–water partition coefficient (Wildman–Crippen LogP) is 5.04. The highest BCUT2D eigenvalue weighted by Gasteiger charge is 2.21. The van der Waals surface area contributed by atoms with Crippen LogP contribution in [-0.4, -0.2) is 16.2 Å². The van der Waals surface area contributed by atoms with Gasteiger partial charge in [0.2, 0.25) is 0 Å². The van der Waals surface area contributed by atoms with Gasteiger partial charge in [-0.3, -0.25) is 0 Å². The van der Waals surface area contributed by atoms with Crippen molar-refractivity contribution in [2.75, 3.05) is 11.6 Å². The summed E-state index contributed by atoms with van der Waals surface area (Å²) >= 11 is 3.33. The molecule has 6 heteroatoms. The number of hydrogen-bond donors (Lipinski definition) is 1. The molecule has 0 bridgehead atoms. The van der Waals surface area contributed by atoms with Crippen LogP contribution in [0.2, 0.25) is 0 Å². The zero-order valence-electron chi connectivity index (χ0n) is 13.4. The molecule has 2 aromatic heterocycles. The minimum atomic E-state index is -0.187. The summed E-state index contributed by atoms with van der Waals surface area (Å²) in [7, 11) is 0. The van der Waals surface area contributed by atoms with Crippen molar-refractivity contribution in [2.24, 2.45) is 0 Å². The van der Waals surface area contributed by atoms with Gasteiger partial charge in [0.1, 0.15) is 16.5 Å². The van der Waals surface area contributed by atoms with E-state index in [-0.39, 0.29) is 5.82 Å². The number of halogens is 1. The number of nitrogens with zero attached hydrogens (tertiary/aromatic N) is 2. The van der Waals surface area contributed by atoms with E-state index in [2.05, 4.69) is 15.3 Å². The maximum atomic E-state index is 13.9. The number of hydrogen-bond acceptors (Lipinski definition) is 5. The van der Waals surface area contributed by atoms with Crippen molar-refractivity contribution < 1.29 is 4.39 Å². The van der Waals surface area contributed by atoms with E-state index in [1.165, 1.54) is 41.1 Å². The lowest BCUT2D eigenvalue weighted by molar-refractivity contribution is 0.613. The molecule has 24 heavy (non-hydrogen) atoms. The molecule has 1 aliphatic carbocycles. The first-order chi connectivity index (χ1) is 11.8. The zero-order chi connectivity index (χ0) is 16.5. The second kappa shape index (κ2) is 6.69. The number of benzene rings is 1. The Labute approximate surface area is 148 Å². The van der Waals surface area contributed by atoms with Gasteiger partial charge < -0.3 is 5.32 Å². The number of aryl methyl sites for hydroxylation is 2. The monoisotopic (exact) mass is 359 g/mol. The van der Waals surface area contributed by atoms with Crippen LogP contribution in [0.1, 0.15) is 28.8 Å². The van der Waals surface area contributed by atoms with Gasteiger partial charge in [-0.05, 0) is 43.6 Å².